The summed E-state index contributed by atoms with van der Waals surface area (Å²) in [6.07, 6.45) is 1.84. The van der Waals surface area contributed by atoms with Crippen molar-refractivity contribution >= 4 is 11.6 Å². The molecule has 43 heavy (non-hydrogen) atoms. The minimum atomic E-state index is -0.293. The van der Waals surface area contributed by atoms with Gasteiger partial charge in [-0.3, -0.25) is 4.79 Å². The predicted molar refractivity (Wildman–Crippen MR) is 165 cm³/mol. The first-order valence-electron chi connectivity index (χ1n) is 14.2. The van der Waals surface area contributed by atoms with Crippen LogP contribution in [0.4, 0.5) is 5.69 Å². The molecule has 0 atom stereocenters. The summed E-state index contributed by atoms with van der Waals surface area (Å²) < 4.78 is 12.0. The van der Waals surface area contributed by atoms with Crippen LogP contribution in [0.3, 0.4) is 0 Å². The highest BCUT2D eigenvalue weighted by atomic mass is 16.5. The fraction of sp³-hybridized carbons (Fsp3) is 0.143. The van der Waals surface area contributed by atoms with Crippen molar-refractivity contribution in [2.45, 2.75) is 26.2 Å². The number of anilines is 1. The zero-order valence-electron chi connectivity index (χ0n) is 23.8. The maximum Gasteiger partial charge on any atom is 0.278 e. The van der Waals surface area contributed by atoms with E-state index in [0.29, 0.717) is 48.8 Å². The van der Waals surface area contributed by atoms with Crippen molar-refractivity contribution in [2.75, 3.05) is 11.9 Å². The van der Waals surface area contributed by atoms with Crippen LogP contribution in [0.1, 0.15) is 33.2 Å². The SMILES string of the molecule is Cc1oc(-c2ccccc2)nc1CCOc1cccc(CCc2nn(-c3ccccc3)nc2C(=O)Nc2ccccc2)c1. The van der Waals surface area contributed by atoms with E-state index in [1.807, 2.05) is 122 Å². The third kappa shape index (κ3) is 6.87. The number of aromatic nitrogens is 4. The largest absolute Gasteiger partial charge is 0.493 e. The van der Waals surface area contributed by atoms with Crippen LogP contribution in [0.15, 0.2) is 120 Å². The van der Waals surface area contributed by atoms with E-state index in [4.69, 9.17) is 14.3 Å². The molecule has 0 bridgehead atoms. The number of oxazole rings is 1. The number of nitrogens with one attached hydrogen (secondary N) is 1. The van der Waals surface area contributed by atoms with Crippen molar-refractivity contribution in [3.05, 3.63) is 144 Å². The molecule has 0 saturated heterocycles. The molecule has 0 aliphatic rings. The Hall–Kier alpha value is -5.50. The minimum absolute atomic E-state index is 0.293. The van der Waals surface area contributed by atoms with Crippen molar-refractivity contribution in [1.82, 2.24) is 20.0 Å². The van der Waals surface area contributed by atoms with Gasteiger partial charge in [0.2, 0.25) is 5.89 Å². The summed E-state index contributed by atoms with van der Waals surface area (Å²) in [6, 6.07) is 36.8. The molecule has 214 valence electrons. The Morgan fingerprint density at radius 3 is 2.28 bits per heavy atom. The summed E-state index contributed by atoms with van der Waals surface area (Å²) in [7, 11) is 0. The van der Waals surface area contributed by atoms with E-state index in [1.54, 1.807) is 0 Å². The molecule has 0 saturated carbocycles. The number of hydrogen-bond acceptors (Lipinski definition) is 6. The fourth-order valence-electron chi connectivity index (χ4n) is 4.75. The summed E-state index contributed by atoms with van der Waals surface area (Å²) in [5.74, 6) is 1.90. The van der Waals surface area contributed by atoms with Crippen molar-refractivity contribution < 1.29 is 13.9 Å². The molecule has 6 rings (SSSR count). The van der Waals surface area contributed by atoms with Crippen molar-refractivity contribution in [1.29, 1.82) is 0 Å². The molecule has 8 heteroatoms. The average Bonchev–Trinajstić information content (AvgIpc) is 3.65. The highest BCUT2D eigenvalue weighted by molar-refractivity contribution is 6.03. The lowest BCUT2D eigenvalue weighted by Crippen LogP contribution is -2.15. The van der Waals surface area contributed by atoms with Crippen molar-refractivity contribution in [2.24, 2.45) is 0 Å². The summed E-state index contributed by atoms with van der Waals surface area (Å²) in [6.45, 7) is 2.40. The Morgan fingerprint density at radius 2 is 1.51 bits per heavy atom. The van der Waals surface area contributed by atoms with E-state index in [9.17, 15) is 4.79 Å². The van der Waals surface area contributed by atoms with Gasteiger partial charge in [0.1, 0.15) is 11.5 Å². The van der Waals surface area contributed by atoms with Gasteiger partial charge >= 0.3 is 0 Å². The zero-order valence-corrected chi connectivity index (χ0v) is 23.8. The number of carbonyl (C=O) groups is 1. The number of carbonyl (C=O) groups excluding carboxylic acids is 1. The zero-order chi connectivity index (χ0) is 29.4. The van der Waals surface area contributed by atoms with Gasteiger partial charge in [-0.2, -0.15) is 9.90 Å². The van der Waals surface area contributed by atoms with Crippen LogP contribution < -0.4 is 10.1 Å². The van der Waals surface area contributed by atoms with E-state index >= 15 is 0 Å². The van der Waals surface area contributed by atoms with Crippen molar-refractivity contribution in [3.63, 3.8) is 0 Å². The smallest absolute Gasteiger partial charge is 0.278 e. The molecule has 0 unspecified atom stereocenters. The molecule has 4 aromatic carbocycles. The second-order valence-corrected chi connectivity index (χ2v) is 10.1. The first kappa shape index (κ1) is 27.7. The van der Waals surface area contributed by atoms with Crippen LogP contribution in [0, 0.1) is 6.92 Å². The maximum absolute atomic E-state index is 13.2. The summed E-state index contributed by atoms with van der Waals surface area (Å²) in [4.78, 5) is 19.4. The van der Waals surface area contributed by atoms with Gasteiger partial charge in [-0.05, 0) is 73.9 Å². The summed E-state index contributed by atoms with van der Waals surface area (Å²) in [5.41, 5.74) is 5.33. The molecular weight excluding hydrogens is 538 g/mol. The molecule has 1 N–H and O–H groups in total. The molecule has 0 aliphatic heterocycles. The number of aryl methyl sites for hydroxylation is 3. The number of nitrogens with zero attached hydrogens (tertiary/aromatic N) is 4. The van der Waals surface area contributed by atoms with Gasteiger partial charge in [-0.1, -0.05) is 66.7 Å². The molecule has 2 heterocycles. The molecule has 8 nitrogen and oxygen atoms in total. The Morgan fingerprint density at radius 1 is 0.791 bits per heavy atom. The van der Waals surface area contributed by atoms with Gasteiger partial charge in [-0.25, -0.2) is 4.98 Å². The quantitative estimate of drug-likeness (QED) is 0.183. The first-order valence-corrected chi connectivity index (χ1v) is 14.2. The summed E-state index contributed by atoms with van der Waals surface area (Å²) >= 11 is 0. The first-order chi connectivity index (χ1) is 21.1. The van der Waals surface area contributed by atoms with Crippen LogP contribution in [-0.2, 0) is 19.3 Å². The second kappa shape index (κ2) is 13.0. The number of ether oxygens (including phenoxy) is 1. The third-order valence-electron chi connectivity index (χ3n) is 6.99. The predicted octanol–water partition coefficient (Wildman–Crippen LogP) is 6.89. The van der Waals surface area contributed by atoms with Crippen LogP contribution in [0.5, 0.6) is 5.75 Å². The van der Waals surface area contributed by atoms with E-state index in [1.165, 1.54) is 4.80 Å². The number of amides is 1. The average molecular weight is 570 g/mol. The second-order valence-electron chi connectivity index (χ2n) is 10.1. The minimum Gasteiger partial charge on any atom is -0.493 e. The highest BCUT2D eigenvalue weighted by Gasteiger charge is 2.20. The number of benzene rings is 4. The van der Waals surface area contributed by atoms with E-state index in [0.717, 1.165) is 34.0 Å². The van der Waals surface area contributed by atoms with E-state index < -0.39 is 0 Å². The van der Waals surface area contributed by atoms with E-state index in [-0.39, 0.29) is 5.91 Å². The molecule has 0 spiro atoms. The molecule has 1 amide bonds. The van der Waals surface area contributed by atoms with Crippen LogP contribution >= 0.6 is 0 Å². The van der Waals surface area contributed by atoms with Gasteiger partial charge in [0.15, 0.2) is 5.69 Å². The molecule has 0 radical (unpaired) electrons. The molecule has 6 aromatic rings. The summed E-state index contributed by atoms with van der Waals surface area (Å²) in [5, 5.41) is 12.2. The van der Waals surface area contributed by atoms with E-state index in [2.05, 4.69) is 15.4 Å². The standard InChI is InChI=1S/C35H31N5O3/c1-25-31(37-35(43-25)27-13-5-2-6-14-27)22-23-42-30-19-11-12-26(24-30)20-21-32-33(34(41)36-28-15-7-3-8-16-28)39-40(38-32)29-17-9-4-10-18-29/h2-19,24H,20-23H2,1H3,(H,36,41). The molecule has 0 fully saturated rings. The van der Waals surface area contributed by atoms with Crippen LogP contribution in [-0.4, -0.2) is 32.5 Å². The van der Waals surface area contributed by atoms with Crippen LogP contribution in [0.2, 0.25) is 0 Å². The Bertz CT molecular complexity index is 1800. The van der Waals surface area contributed by atoms with Crippen LogP contribution in [0.25, 0.3) is 17.1 Å². The lowest BCUT2D eigenvalue weighted by atomic mass is 10.1. The van der Waals surface area contributed by atoms with Gasteiger partial charge < -0.3 is 14.5 Å². The van der Waals surface area contributed by atoms with Gasteiger partial charge in [-0.15, -0.1) is 5.10 Å². The fourth-order valence-corrected chi connectivity index (χ4v) is 4.75. The Balaban J connectivity index is 1.12. The number of rotatable bonds is 11. The highest BCUT2D eigenvalue weighted by Crippen LogP contribution is 2.22. The van der Waals surface area contributed by atoms with Gasteiger partial charge in [0.25, 0.3) is 5.91 Å². The molecular formula is C35H31N5O3. The lowest BCUT2D eigenvalue weighted by molar-refractivity contribution is 0.102. The monoisotopic (exact) mass is 569 g/mol. The number of para-hydroxylation sites is 2. The van der Waals surface area contributed by atoms with Crippen molar-refractivity contribution in [3.8, 4) is 22.9 Å². The maximum atomic E-state index is 13.2. The Labute approximate surface area is 250 Å². The third-order valence-corrected chi connectivity index (χ3v) is 6.99. The Kier molecular flexibility index (Phi) is 8.36. The van der Waals surface area contributed by atoms with Gasteiger partial charge in [0.05, 0.1) is 23.7 Å². The molecule has 0 aliphatic carbocycles. The number of hydrogen-bond donors (Lipinski definition) is 1. The topological polar surface area (TPSA) is 95.1 Å². The lowest BCUT2D eigenvalue weighted by Gasteiger charge is -2.08. The van der Waals surface area contributed by atoms with Gasteiger partial charge in [0, 0.05) is 17.7 Å². The normalized spacial score (nSPS) is 10.9. The molecule has 2 aromatic heterocycles.